The summed E-state index contributed by atoms with van der Waals surface area (Å²) < 4.78 is 19.5. The average Bonchev–Trinajstić information content (AvgIpc) is 2.98. The number of hydrogen-bond donors (Lipinski definition) is 2. The third-order valence-electron chi connectivity index (χ3n) is 7.07. The number of amides is 2. The molecule has 3 N–H and O–H groups in total. The molecule has 0 radical (unpaired) electrons. The Morgan fingerprint density at radius 1 is 0.976 bits per heavy atom. The smallest absolute Gasteiger partial charge is 0.338 e. The second kappa shape index (κ2) is 15.4. The molecule has 0 spiro atoms. The van der Waals surface area contributed by atoms with E-state index in [1.807, 2.05) is 48.5 Å². The number of piperazine rings is 1. The summed E-state index contributed by atoms with van der Waals surface area (Å²) in [6.45, 7) is 5.56. The van der Waals surface area contributed by atoms with E-state index in [2.05, 4.69) is 33.8 Å². The van der Waals surface area contributed by atoms with E-state index >= 15 is 0 Å². The number of nitrogens with zero attached hydrogens (tertiary/aromatic N) is 3. The van der Waals surface area contributed by atoms with Crippen molar-refractivity contribution < 1.29 is 19.1 Å². The van der Waals surface area contributed by atoms with Gasteiger partial charge in [-0.25, -0.2) is 14.2 Å². The second-order valence-electron chi connectivity index (χ2n) is 9.98. The standard InChI is InChI=1S/C32H36ClFN4O3/c33-28-12-8-26(9-13-28)31(27-10-14-29(34)15-11-27)37-22-20-36(21-23-37)18-3-4-24-41-30-16-6-25(7-17-30)5-1-2-19-38(40)32(35)39/h6-17,31,40H,2-4,18-24H2,(H2,35,39). The van der Waals surface area contributed by atoms with Gasteiger partial charge in [0.1, 0.15) is 11.6 Å². The van der Waals surface area contributed by atoms with Crippen LogP contribution in [0.3, 0.4) is 0 Å². The third-order valence-corrected chi connectivity index (χ3v) is 7.32. The lowest BCUT2D eigenvalue weighted by atomic mass is 9.96. The molecule has 0 bridgehead atoms. The van der Waals surface area contributed by atoms with Crippen molar-refractivity contribution in [3.05, 3.63) is 100 Å². The highest BCUT2D eigenvalue weighted by atomic mass is 35.5. The molecule has 41 heavy (non-hydrogen) atoms. The molecule has 7 nitrogen and oxygen atoms in total. The maximum atomic E-state index is 13.6. The van der Waals surface area contributed by atoms with Crippen LogP contribution in [0.4, 0.5) is 9.18 Å². The molecule has 216 valence electrons. The molecule has 0 aliphatic carbocycles. The Labute approximate surface area is 246 Å². The normalized spacial score (nSPS) is 14.6. The number of hydrogen-bond acceptors (Lipinski definition) is 5. The number of nitrogens with two attached hydrogens (primary N) is 1. The fraction of sp³-hybridized carbons (Fsp3) is 0.344. The second-order valence-corrected chi connectivity index (χ2v) is 10.4. The van der Waals surface area contributed by atoms with E-state index in [9.17, 15) is 14.4 Å². The van der Waals surface area contributed by atoms with Crippen LogP contribution in [-0.2, 0) is 0 Å². The molecular formula is C32H36ClFN4O3. The Morgan fingerprint density at radius 2 is 1.61 bits per heavy atom. The highest BCUT2D eigenvalue weighted by Gasteiger charge is 2.26. The minimum Gasteiger partial charge on any atom is -0.494 e. The molecular weight excluding hydrogens is 543 g/mol. The number of unbranched alkanes of at least 4 members (excludes halogenated alkanes) is 1. The molecule has 9 heteroatoms. The molecule has 1 unspecified atom stereocenters. The molecule has 2 amide bonds. The summed E-state index contributed by atoms with van der Waals surface area (Å²) in [4.78, 5) is 15.7. The molecule has 1 heterocycles. The number of primary amides is 1. The Kier molecular flexibility index (Phi) is 11.4. The van der Waals surface area contributed by atoms with Crippen LogP contribution >= 0.6 is 11.6 Å². The summed E-state index contributed by atoms with van der Waals surface area (Å²) >= 11 is 6.13. The van der Waals surface area contributed by atoms with Crippen LogP contribution in [-0.4, -0.2) is 72.0 Å². The van der Waals surface area contributed by atoms with Gasteiger partial charge in [-0.15, -0.1) is 0 Å². The molecule has 4 rings (SSSR count). The Bertz CT molecular complexity index is 1260. The van der Waals surface area contributed by atoms with Crippen LogP contribution in [0.1, 0.15) is 42.0 Å². The number of halogens is 2. The van der Waals surface area contributed by atoms with Gasteiger partial charge >= 0.3 is 6.03 Å². The van der Waals surface area contributed by atoms with Crippen molar-refractivity contribution in [1.82, 2.24) is 14.9 Å². The van der Waals surface area contributed by atoms with Gasteiger partial charge in [-0.3, -0.25) is 10.1 Å². The Hall–Kier alpha value is -3.61. The van der Waals surface area contributed by atoms with Gasteiger partial charge in [-0.2, -0.15) is 0 Å². The van der Waals surface area contributed by atoms with Gasteiger partial charge < -0.3 is 15.4 Å². The maximum absolute atomic E-state index is 13.6. The van der Waals surface area contributed by atoms with Crippen molar-refractivity contribution in [2.75, 3.05) is 45.9 Å². The first-order chi connectivity index (χ1) is 19.9. The fourth-order valence-electron chi connectivity index (χ4n) is 4.85. The van der Waals surface area contributed by atoms with Gasteiger partial charge in [0.2, 0.25) is 0 Å². The molecule has 0 aromatic heterocycles. The monoisotopic (exact) mass is 578 g/mol. The summed E-state index contributed by atoms with van der Waals surface area (Å²) in [5, 5.41) is 10.4. The van der Waals surface area contributed by atoms with E-state index in [1.165, 1.54) is 12.1 Å². The number of rotatable bonds is 11. The molecule has 1 aliphatic rings. The van der Waals surface area contributed by atoms with Gasteiger partial charge in [-0.05, 0) is 79.0 Å². The fourth-order valence-corrected chi connectivity index (χ4v) is 4.97. The van der Waals surface area contributed by atoms with Crippen molar-refractivity contribution in [2.45, 2.75) is 25.3 Å². The summed E-state index contributed by atoms with van der Waals surface area (Å²) in [7, 11) is 0. The summed E-state index contributed by atoms with van der Waals surface area (Å²) in [6, 6.07) is 21.5. The van der Waals surface area contributed by atoms with E-state index in [0.29, 0.717) is 23.1 Å². The average molecular weight is 579 g/mol. The summed E-state index contributed by atoms with van der Waals surface area (Å²) in [6.07, 6.45) is 2.33. The van der Waals surface area contributed by atoms with Crippen molar-refractivity contribution >= 4 is 17.6 Å². The van der Waals surface area contributed by atoms with E-state index in [0.717, 1.165) is 68.0 Å². The van der Waals surface area contributed by atoms with Gasteiger partial charge in [-0.1, -0.05) is 47.7 Å². The molecule has 1 saturated heterocycles. The maximum Gasteiger partial charge on any atom is 0.338 e. The van der Waals surface area contributed by atoms with E-state index in [-0.39, 0.29) is 18.4 Å². The van der Waals surface area contributed by atoms with E-state index < -0.39 is 6.03 Å². The van der Waals surface area contributed by atoms with E-state index in [1.54, 1.807) is 0 Å². The third kappa shape index (κ3) is 9.48. The Morgan fingerprint density at radius 3 is 2.24 bits per heavy atom. The number of benzene rings is 3. The predicted octanol–water partition coefficient (Wildman–Crippen LogP) is 5.56. The number of urea groups is 1. The SMILES string of the molecule is NC(=O)N(O)CCC#Cc1ccc(OCCCCN2CCN(C(c3ccc(F)cc3)c3ccc(Cl)cc3)CC2)cc1. The largest absolute Gasteiger partial charge is 0.494 e. The van der Waals surface area contributed by atoms with Gasteiger partial charge in [0.25, 0.3) is 0 Å². The molecule has 1 fully saturated rings. The minimum absolute atomic E-state index is 0.0634. The van der Waals surface area contributed by atoms with Crippen molar-refractivity contribution in [2.24, 2.45) is 5.73 Å². The number of hydroxylamine groups is 2. The van der Waals surface area contributed by atoms with Crippen molar-refractivity contribution in [3.63, 3.8) is 0 Å². The van der Waals surface area contributed by atoms with Gasteiger partial charge in [0.05, 0.1) is 19.2 Å². The van der Waals surface area contributed by atoms with Crippen LogP contribution < -0.4 is 10.5 Å². The predicted molar refractivity (Wildman–Crippen MR) is 158 cm³/mol. The van der Waals surface area contributed by atoms with Crippen LogP contribution in [0.15, 0.2) is 72.8 Å². The highest BCUT2D eigenvalue weighted by Crippen LogP contribution is 2.30. The quantitative estimate of drug-likeness (QED) is 0.135. The number of ether oxygens (including phenoxy) is 1. The molecule has 0 saturated carbocycles. The first kappa shape index (κ1) is 30.4. The zero-order valence-corrected chi connectivity index (χ0v) is 23.8. The Balaban J connectivity index is 1.17. The first-order valence-electron chi connectivity index (χ1n) is 13.8. The molecule has 3 aromatic rings. The van der Waals surface area contributed by atoms with Crippen LogP contribution in [0, 0.1) is 17.7 Å². The van der Waals surface area contributed by atoms with Crippen LogP contribution in [0.25, 0.3) is 0 Å². The molecule has 3 aromatic carbocycles. The topological polar surface area (TPSA) is 82.3 Å². The van der Waals surface area contributed by atoms with Crippen molar-refractivity contribution in [1.29, 1.82) is 0 Å². The van der Waals surface area contributed by atoms with Crippen LogP contribution in [0.5, 0.6) is 5.75 Å². The first-order valence-corrected chi connectivity index (χ1v) is 14.2. The van der Waals surface area contributed by atoms with Crippen molar-refractivity contribution in [3.8, 4) is 17.6 Å². The minimum atomic E-state index is -0.891. The zero-order chi connectivity index (χ0) is 29.0. The zero-order valence-electron chi connectivity index (χ0n) is 23.0. The highest BCUT2D eigenvalue weighted by molar-refractivity contribution is 6.30. The van der Waals surface area contributed by atoms with E-state index in [4.69, 9.17) is 22.1 Å². The lowest BCUT2D eigenvalue weighted by Gasteiger charge is -2.40. The summed E-state index contributed by atoms with van der Waals surface area (Å²) in [5.41, 5.74) is 8.03. The lowest BCUT2D eigenvalue weighted by molar-refractivity contribution is -0.0372. The van der Waals surface area contributed by atoms with Gasteiger partial charge in [0, 0.05) is 43.2 Å². The van der Waals surface area contributed by atoms with Crippen LogP contribution in [0.2, 0.25) is 5.02 Å². The number of carbonyl (C=O) groups excluding carboxylic acids is 1. The summed E-state index contributed by atoms with van der Waals surface area (Å²) in [5.74, 6) is 6.46. The number of carbonyl (C=O) groups is 1. The van der Waals surface area contributed by atoms with Gasteiger partial charge in [0.15, 0.2) is 0 Å². The lowest BCUT2D eigenvalue weighted by Crippen LogP contribution is -2.48. The molecule has 1 atom stereocenters. The molecule has 1 aliphatic heterocycles.